The fraction of sp³-hybridized carbons (Fsp3) is 0. The van der Waals surface area contributed by atoms with Crippen molar-refractivity contribution < 1.29 is 12.8 Å². The third kappa shape index (κ3) is 3.13. The van der Waals surface area contributed by atoms with E-state index >= 15 is 0 Å². The Balaban J connectivity index is 2.61. The van der Waals surface area contributed by atoms with E-state index in [1.807, 2.05) is 0 Å². The highest BCUT2D eigenvalue weighted by Crippen LogP contribution is 2.26. The number of rotatable bonds is 3. The van der Waals surface area contributed by atoms with Gasteiger partial charge in [-0.1, -0.05) is 35.9 Å². The molecular formula is C15H9ClFNO2S. The van der Waals surface area contributed by atoms with Gasteiger partial charge in [-0.2, -0.15) is 5.26 Å². The first-order valence-electron chi connectivity index (χ1n) is 5.83. The molecule has 21 heavy (non-hydrogen) atoms. The predicted molar refractivity (Wildman–Crippen MR) is 78.6 cm³/mol. The molecule has 0 aromatic heterocycles. The maximum atomic E-state index is 13.7. The van der Waals surface area contributed by atoms with Crippen molar-refractivity contribution in [3.05, 3.63) is 69.8 Å². The smallest absolute Gasteiger partial charge is 0.216 e. The first-order valence-corrected chi connectivity index (χ1v) is 7.69. The van der Waals surface area contributed by atoms with Crippen LogP contribution in [-0.2, 0) is 9.84 Å². The molecule has 0 spiro atoms. The van der Waals surface area contributed by atoms with Crippen molar-refractivity contribution in [3.8, 4) is 6.07 Å². The normalized spacial score (nSPS) is 12.0. The van der Waals surface area contributed by atoms with Crippen molar-refractivity contribution >= 4 is 27.5 Å². The number of hydrogen-bond acceptors (Lipinski definition) is 3. The Bertz CT molecular complexity index is 819. The molecule has 0 aliphatic rings. The SMILES string of the molecule is N#C/C(=C\c1c(F)cccc1Cl)S(=O)(=O)c1ccccc1. The molecule has 2 aromatic rings. The highest BCUT2D eigenvalue weighted by molar-refractivity contribution is 7.95. The van der Waals surface area contributed by atoms with Crippen LogP contribution in [0, 0.1) is 17.1 Å². The van der Waals surface area contributed by atoms with Gasteiger partial charge in [-0.3, -0.25) is 0 Å². The maximum absolute atomic E-state index is 13.7. The van der Waals surface area contributed by atoms with Crippen LogP contribution in [0.4, 0.5) is 4.39 Å². The summed E-state index contributed by atoms with van der Waals surface area (Å²) in [5, 5.41) is 9.14. The summed E-state index contributed by atoms with van der Waals surface area (Å²) in [6.45, 7) is 0. The molecular weight excluding hydrogens is 313 g/mol. The summed E-state index contributed by atoms with van der Waals surface area (Å²) in [5.41, 5.74) is -0.129. The van der Waals surface area contributed by atoms with Crippen LogP contribution < -0.4 is 0 Å². The monoisotopic (exact) mass is 321 g/mol. The number of halogens is 2. The Hall–Kier alpha value is -2.16. The average Bonchev–Trinajstić information content (AvgIpc) is 2.47. The number of nitriles is 1. The van der Waals surface area contributed by atoms with Gasteiger partial charge in [0.25, 0.3) is 0 Å². The average molecular weight is 322 g/mol. The number of benzene rings is 2. The van der Waals surface area contributed by atoms with E-state index in [2.05, 4.69) is 0 Å². The van der Waals surface area contributed by atoms with Gasteiger partial charge in [-0.05, 0) is 30.3 Å². The minimum atomic E-state index is -4.01. The Morgan fingerprint density at radius 1 is 1.14 bits per heavy atom. The molecule has 0 amide bonds. The van der Waals surface area contributed by atoms with E-state index in [1.165, 1.54) is 36.4 Å². The molecule has 106 valence electrons. The zero-order valence-corrected chi connectivity index (χ0v) is 12.2. The molecule has 0 N–H and O–H groups in total. The van der Waals surface area contributed by atoms with Crippen molar-refractivity contribution in [2.45, 2.75) is 4.90 Å². The molecule has 0 heterocycles. The second kappa shape index (κ2) is 6.08. The minimum absolute atomic E-state index is 0.0333. The molecule has 2 aromatic carbocycles. The van der Waals surface area contributed by atoms with E-state index in [9.17, 15) is 12.8 Å². The quantitative estimate of drug-likeness (QED) is 0.807. The van der Waals surface area contributed by atoms with Gasteiger partial charge in [0, 0.05) is 5.56 Å². The summed E-state index contributed by atoms with van der Waals surface area (Å²) >= 11 is 5.84. The number of sulfone groups is 1. The zero-order chi connectivity index (χ0) is 15.5. The third-order valence-electron chi connectivity index (χ3n) is 2.73. The zero-order valence-electron chi connectivity index (χ0n) is 10.6. The summed E-state index contributed by atoms with van der Waals surface area (Å²) in [5.74, 6) is -0.696. The number of allylic oxidation sites excluding steroid dienone is 1. The van der Waals surface area contributed by atoms with E-state index in [-0.39, 0.29) is 15.5 Å². The first kappa shape index (κ1) is 15.2. The molecule has 0 bridgehead atoms. The van der Waals surface area contributed by atoms with Gasteiger partial charge < -0.3 is 0 Å². The Morgan fingerprint density at radius 3 is 2.38 bits per heavy atom. The van der Waals surface area contributed by atoms with Gasteiger partial charge in [0.15, 0.2) is 0 Å². The van der Waals surface area contributed by atoms with Crippen molar-refractivity contribution in [1.82, 2.24) is 0 Å². The summed E-state index contributed by atoms with van der Waals surface area (Å²) in [4.78, 5) is -0.606. The molecule has 0 atom stereocenters. The van der Waals surface area contributed by atoms with Crippen LogP contribution in [-0.4, -0.2) is 8.42 Å². The van der Waals surface area contributed by atoms with E-state index in [0.717, 1.165) is 12.1 Å². The largest absolute Gasteiger partial charge is 0.218 e. The highest BCUT2D eigenvalue weighted by atomic mass is 35.5. The van der Waals surface area contributed by atoms with Crippen LogP contribution in [0.5, 0.6) is 0 Å². The second-order valence-electron chi connectivity index (χ2n) is 4.07. The highest BCUT2D eigenvalue weighted by Gasteiger charge is 2.21. The lowest BCUT2D eigenvalue weighted by atomic mass is 10.2. The van der Waals surface area contributed by atoms with E-state index in [4.69, 9.17) is 16.9 Å². The van der Waals surface area contributed by atoms with Gasteiger partial charge in [-0.25, -0.2) is 12.8 Å². The Morgan fingerprint density at radius 2 is 1.81 bits per heavy atom. The predicted octanol–water partition coefficient (Wildman–Crippen LogP) is 3.82. The molecule has 2 rings (SSSR count). The van der Waals surface area contributed by atoms with Crippen LogP contribution in [0.25, 0.3) is 6.08 Å². The topological polar surface area (TPSA) is 57.9 Å². The van der Waals surface area contributed by atoms with Gasteiger partial charge in [-0.15, -0.1) is 0 Å². The molecule has 0 unspecified atom stereocenters. The summed E-state index contributed by atoms with van der Waals surface area (Å²) in [6, 6.07) is 13.0. The lowest BCUT2D eigenvalue weighted by Gasteiger charge is -2.04. The second-order valence-corrected chi connectivity index (χ2v) is 6.40. The summed E-state index contributed by atoms with van der Waals surface area (Å²) in [6.07, 6.45) is 0.944. The van der Waals surface area contributed by atoms with Gasteiger partial charge in [0.1, 0.15) is 16.8 Å². The van der Waals surface area contributed by atoms with Crippen molar-refractivity contribution in [3.63, 3.8) is 0 Å². The third-order valence-corrected chi connectivity index (χ3v) is 4.74. The Kier molecular flexibility index (Phi) is 4.41. The van der Waals surface area contributed by atoms with Crippen molar-refractivity contribution in [1.29, 1.82) is 5.26 Å². The van der Waals surface area contributed by atoms with Crippen molar-refractivity contribution in [2.24, 2.45) is 0 Å². The van der Waals surface area contributed by atoms with Crippen molar-refractivity contribution in [2.75, 3.05) is 0 Å². The number of nitrogens with zero attached hydrogens (tertiary/aromatic N) is 1. The lowest BCUT2D eigenvalue weighted by Crippen LogP contribution is -2.03. The van der Waals surface area contributed by atoms with E-state index in [0.29, 0.717) is 0 Å². The van der Waals surface area contributed by atoms with Crippen LogP contribution >= 0.6 is 11.6 Å². The van der Waals surface area contributed by atoms with Gasteiger partial charge in [0.05, 0.1) is 9.92 Å². The van der Waals surface area contributed by atoms with E-state index in [1.54, 1.807) is 12.1 Å². The molecule has 3 nitrogen and oxygen atoms in total. The fourth-order valence-electron chi connectivity index (χ4n) is 1.68. The first-order chi connectivity index (χ1) is 9.96. The van der Waals surface area contributed by atoms with Gasteiger partial charge >= 0.3 is 0 Å². The standard InChI is InChI=1S/C15H9ClFNO2S/c16-14-7-4-8-15(17)13(14)9-12(10-18)21(19,20)11-5-2-1-3-6-11/h1-9H/b12-9+. The molecule has 0 radical (unpaired) electrons. The summed E-state index contributed by atoms with van der Waals surface area (Å²) < 4.78 is 38.4. The number of hydrogen-bond donors (Lipinski definition) is 0. The molecule has 0 aliphatic carbocycles. The summed E-state index contributed by atoms with van der Waals surface area (Å²) in [7, 11) is -4.01. The van der Waals surface area contributed by atoms with Crippen LogP contribution in [0.1, 0.15) is 5.56 Å². The Labute approximate surface area is 126 Å². The fourth-order valence-corrected chi connectivity index (χ4v) is 3.06. The molecule has 0 saturated heterocycles. The minimum Gasteiger partial charge on any atom is -0.218 e. The molecule has 6 heteroatoms. The lowest BCUT2D eigenvalue weighted by molar-refractivity contribution is 0.603. The van der Waals surface area contributed by atoms with Crippen LogP contribution in [0.15, 0.2) is 58.3 Å². The van der Waals surface area contributed by atoms with Crippen LogP contribution in [0.3, 0.4) is 0 Å². The van der Waals surface area contributed by atoms with Crippen LogP contribution in [0.2, 0.25) is 5.02 Å². The van der Waals surface area contributed by atoms with Gasteiger partial charge in [0.2, 0.25) is 9.84 Å². The molecule has 0 fully saturated rings. The van der Waals surface area contributed by atoms with E-state index < -0.39 is 20.6 Å². The molecule has 0 saturated carbocycles. The maximum Gasteiger partial charge on any atom is 0.216 e. The molecule has 0 aliphatic heterocycles.